The van der Waals surface area contributed by atoms with Gasteiger partial charge in [-0.3, -0.25) is 0 Å². The van der Waals surface area contributed by atoms with E-state index in [-0.39, 0.29) is 6.04 Å². The number of nitrogens with one attached hydrogen (secondary N) is 1. The highest BCUT2D eigenvalue weighted by Crippen LogP contribution is 2.19. The largest absolute Gasteiger partial charge is 0.308 e. The van der Waals surface area contributed by atoms with Crippen LogP contribution in [0.2, 0.25) is 0 Å². The van der Waals surface area contributed by atoms with Crippen molar-refractivity contribution in [3.63, 3.8) is 0 Å². The molecular formula is C13H15F2N3S. The normalized spacial score (nSPS) is 12.6. The molecule has 1 N–H and O–H groups in total. The molecule has 0 saturated carbocycles. The fraction of sp³-hybridized carbons (Fsp3) is 0.385. The van der Waals surface area contributed by atoms with Crippen LogP contribution in [-0.4, -0.2) is 16.1 Å². The molecule has 1 unspecified atom stereocenters. The fourth-order valence-electron chi connectivity index (χ4n) is 1.89. The van der Waals surface area contributed by atoms with Crippen molar-refractivity contribution in [3.05, 3.63) is 46.5 Å². The Balaban J connectivity index is 2.15. The van der Waals surface area contributed by atoms with Crippen LogP contribution in [0.3, 0.4) is 0 Å². The Labute approximate surface area is 114 Å². The van der Waals surface area contributed by atoms with Crippen LogP contribution >= 0.6 is 11.5 Å². The Morgan fingerprint density at radius 1 is 1.26 bits per heavy atom. The number of rotatable bonds is 6. The summed E-state index contributed by atoms with van der Waals surface area (Å²) in [5.41, 5.74) is 1.42. The summed E-state index contributed by atoms with van der Waals surface area (Å²) in [4.78, 5) is 0. The van der Waals surface area contributed by atoms with Gasteiger partial charge in [-0.25, -0.2) is 8.78 Å². The van der Waals surface area contributed by atoms with Gasteiger partial charge in [0.2, 0.25) is 0 Å². The monoisotopic (exact) mass is 283 g/mol. The Morgan fingerprint density at radius 2 is 2.00 bits per heavy atom. The zero-order chi connectivity index (χ0) is 13.7. The predicted molar refractivity (Wildman–Crippen MR) is 71.0 cm³/mol. The van der Waals surface area contributed by atoms with Crippen molar-refractivity contribution < 1.29 is 8.78 Å². The molecule has 3 nitrogen and oxygen atoms in total. The van der Waals surface area contributed by atoms with Crippen molar-refractivity contribution in [2.45, 2.75) is 25.8 Å². The molecule has 0 bridgehead atoms. The van der Waals surface area contributed by atoms with E-state index in [1.165, 1.54) is 23.7 Å². The van der Waals surface area contributed by atoms with Crippen molar-refractivity contribution in [3.8, 4) is 0 Å². The Morgan fingerprint density at radius 3 is 2.58 bits per heavy atom. The van der Waals surface area contributed by atoms with E-state index in [0.29, 0.717) is 12.0 Å². The minimum atomic E-state index is -0.555. The van der Waals surface area contributed by atoms with Gasteiger partial charge in [-0.1, -0.05) is 11.4 Å². The molecule has 1 aromatic carbocycles. The summed E-state index contributed by atoms with van der Waals surface area (Å²) in [6, 6.07) is 3.51. The Kier molecular flexibility index (Phi) is 4.93. The van der Waals surface area contributed by atoms with Crippen molar-refractivity contribution in [2.75, 3.05) is 6.54 Å². The first-order chi connectivity index (χ1) is 9.19. The van der Waals surface area contributed by atoms with Gasteiger partial charge in [-0.05, 0) is 48.6 Å². The molecule has 1 heterocycles. The maximum Gasteiger partial charge on any atom is 0.126 e. The lowest BCUT2D eigenvalue weighted by molar-refractivity contribution is 0.511. The Bertz CT molecular complexity index is 496. The van der Waals surface area contributed by atoms with Gasteiger partial charge in [0, 0.05) is 11.4 Å². The van der Waals surface area contributed by atoms with Gasteiger partial charge in [0.25, 0.3) is 0 Å². The molecule has 0 radical (unpaired) electrons. The first-order valence-corrected chi connectivity index (χ1v) is 6.98. The van der Waals surface area contributed by atoms with Crippen LogP contribution in [0, 0.1) is 11.6 Å². The van der Waals surface area contributed by atoms with Crippen LogP contribution in [0.15, 0.2) is 23.6 Å². The third kappa shape index (κ3) is 4.04. The molecule has 0 aliphatic rings. The van der Waals surface area contributed by atoms with E-state index in [1.54, 1.807) is 0 Å². The SMILES string of the molecule is CCCNC(Cc1cc(F)cc(F)c1)c1csnn1. The quantitative estimate of drug-likeness (QED) is 0.885. The van der Waals surface area contributed by atoms with Crippen LogP contribution in [0.25, 0.3) is 0 Å². The molecule has 6 heteroatoms. The number of hydrogen-bond donors (Lipinski definition) is 1. The van der Waals surface area contributed by atoms with Gasteiger partial charge in [0.05, 0.1) is 11.7 Å². The number of benzene rings is 1. The minimum Gasteiger partial charge on any atom is -0.308 e. The minimum absolute atomic E-state index is 0.0695. The average molecular weight is 283 g/mol. The zero-order valence-electron chi connectivity index (χ0n) is 10.6. The number of hydrogen-bond acceptors (Lipinski definition) is 4. The van der Waals surface area contributed by atoms with Gasteiger partial charge in [-0.15, -0.1) is 5.10 Å². The number of nitrogens with zero attached hydrogens (tertiary/aromatic N) is 2. The second-order valence-corrected chi connectivity index (χ2v) is 4.93. The molecule has 0 amide bonds. The third-order valence-electron chi connectivity index (χ3n) is 2.74. The van der Waals surface area contributed by atoms with E-state index in [1.807, 2.05) is 5.38 Å². The summed E-state index contributed by atoms with van der Waals surface area (Å²) in [7, 11) is 0. The standard InChI is InChI=1S/C13H15F2N3S/c1-2-3-16-12(13-8-19-18-17-13)6-9-4-10(14)7-11(15)5-9/h4-5,7-8,12,16H,2-3,6H2,1H3. The maximum absolute atomic E-state index is 13.2. The third-order valence-corrected chi connectivity index (χ3v) is 3.26. The van der Waals surface area contributed by atoms with Crippen molar-refractivity contribution >= 4 is 11.5 Å². The molecule has 19 heavy (non-hydrogen) atoms. The fourth-order valence-corrected chi connectivity index (χ4v) is 2.40. The first kappa shape index (κ1) is 14.0. The summed E-state index contributed by atoms with van der Waals surface area (Å²) in [5, 5.41) is 9.20. The highest BCUT2D eigenvalue weighted by Gasteiger charge is 2.15. The lowest BCUT2D eigenvalue weighted by atomic mass is 10.0. The van der Waals surface area contributed by atoms with Gasteiger partial charge >= 0.3 is 0 Å². The topological polar surface area (TPSA) is 37.8 Å². The van der Waals surface area contributed by atoms with Crippen molar-refractivity contribution in [1.82, 2.24) is 14.9 Å². The highest BCUT2D eigenvalue weighted by molar-refractivity contribution is 7.03. The average Bonchev–Trinajstić information content (AvgIpc) is 2.87. The molecule has 0 fully saturated rings. The van der Waals surface area contributed by atoms with Crippen LogP contribution in [0.1, 0.15) is 30.6 Å². The second kappa shape index (κ2) is 6.68. The molecule has 1 aromatic heterocycles. The summed E-state index contributed by atoms with van der Waals surface area (Å²) in [6.45, 7) is 2.88. The molecule has 0 spiro atoms. The lowest BCUT2D eigenvalue weighted by Crippen LogP contribution is -2.24. The molecule has 102 valence electrons. The molecule has 0 aliphatic heterocycles. The van der Waals surface area contributed by atoms with E-state index < -0.39 is 11.6 Å². The molecule has 1 atom stereocenters. The van der Waals surface area contributed by atoms with E-state index in [0.717, 1.165) is 24.7 Å². The smallest absolute Gasteiger partial charge is 0.126 e. The van der Waals surface area contributed by atoms with Crippen LogP contribution in [-0.2, 0) is 6.42 Å². The van der Waals surface area contributed by atoms with Gasteiger partial charge in [-0.2, -0.15) is 0 Å². The molecule has 2 rings (SSSR count). The number of aromatic nitrogens is 2. The first-order valence-electron chi connectivity index (χ1n) is 6.14. The van der Waals surface area contributed by atoms with Crippen LogP contribution < -0.4 is 5.32 Å². The van der Waals surface area contributed by atoms with Gasteiger partial charge < -0.3 is 5.32 Å². The lowest BCUT2D eigenvalue weighted by Gasteiger charge is -2.16. The summed E-state index contributed by atoms with van der Waals surface area (Å²) < 4.78 is 30.2. The van der Waals surface area contributed by atoms with Crippen molar-refractivity contribution in [2.24, 2.45) is 0 Å². The van der Waals surface area contributed by atoms with Crippen LogP contribution in [0.4, 0.5) is 8.78 Å². The van der Waals surface area contributed by atoms with E-state index >= 15 is 0 Å². The zero-order valence-corrected chi connectivity index (χ0v) is 11.4. The van der Waals surface area contributed by atoms with Gasteiger partial charge in [0.1, 0.15) is 11.6 Å². The van der Waals surface area contributed by atoms with Crippen LogP contribution in [0.5, 0.6) is 0 Å². The molecule has 0 saturated heterocycles. The van der Waals surface area contributed by atoms with E-state index in [9.17, 15) is 8.78 Å². The summed E-state index contributed by atoms with van der Waals surface area (Å²) >= 11 is 1.27. The predicted octanol–water partition coefficient (Wildman–Crippen LogP) is 3.10. The van der Waals surface area contributed by atoms with E-state index in [2.05, 4.69) is 21.8 Å². The number of halogens is 2. The summed E-state index contributed by atoms with van der Waals surface area (Å²) in [6.07, 6.45) is 1.46. The van der Waals surface area contributed by atoms with Crippen molar-refractivity contribution in [1.29, 1.82) is 0 Å². The van der Waals surface area contributed by atoms with Gasteiger partial charge in [0.15, 0.2) is 0 Å². The van der Waals surface area contributed by atoms with E-state index in [4.69, 9.17) is 0 Å². The molecule has 0 aliphatic carbocycles. The Hall–Kier alpha value is -1.40. The summed E-state index contributed by atoms with van der Waals surface area (Å²) in [5.74, 6) is -1.11. The molecule has 2 aromatic rings. The highest BCUT2D eigenvalue weighted by atomic mass is 32.1. The molecular weight excluding hydrogens is 268 g/mol. The maximum atomic E-state index is 13.2. The second-order valence-electron chi connectivity index (χ2n) is 4.32.